The zero-order valence-electron chi connectivity index (χ0n) is 12.4. The number of rotatable bonds is 6. The van der Waals surface area contributed by atoms with Gasteiger partial charge in [-0.25, -0.2) is 0 Å². The summed E-state index contributed by atoms with van der Waals surface area (Å²) in [5.41, 5.74) is 1.50. The third-order valence-corrected chi connectivity index (χ3v) is 4.51. The fraction of sp³-hybridized carbons (Fsp3) is 0.667. The summed E-state index contributed by atoms with van der Waals surface area (Å²) in [4.78, 5) is 0. The Labute approximate surface area is 118 Å². The molecule has 0 aliphatic heterocycles. The highest BCUT2D eigenvalue weighted by molar-refractivity contribution is 5.14. The standard InChI is InChI=1S/C18H29N/c1-2-19-18-15-8-4-7-13-17(18)14-9-12-16-10-5-3-6-11-16/h3,5-6,10-11,17-19H,2,4,7-9,12-15H2,1H3. The van der Waals surface area contributed by atoms with Crippen molar-refractivity contribution >= 4 is 0 Å². The van der Waals surface area contributed by atoms with E-state index in [0.717, 1.165) is 18.5 Å². The molecule has 1 saturated carbocycles. The maximum absolute atomic E-state index is 3.72. The van der Waals surface area contributed by atoms with Gasteiger partial charge >= 0.3 is 0 Å². The SMILES string of the molecule is CCNC1CCCCCC1CCCc1ccccc1. The molecule has 0 heterocycles. The van der Waals surface area contributed by atoms with Crippen molar-refractivity contribution in [1.29, 1.82) is 0 Å². The first-order valence-corrected chi connectivity index (χ1v) is 8.17. The Morgan fingerprint density at radius 2 is 1.84 bits per heavy atom. The summed E-state index contributed by atoms with van der Waals surface area (Å²) in [7, 11) is 0. The van der Waals surface area contributed by atoms with Gasteiger partial charge in [0, 0.05) is 6.04 Å². The molecular weight excluding hydrogens is 230 g/mol. The summed E-state index contributed by atoms with van der Waals surface area (Å²) >= 11 is 0. The normalized spacial score (nSPS) is 24.1. The van der Waals surface area contributed by atoms with Gasteiger partial charge in [-0.2, -0.15) is 0 Å². The summed E-state index contributed by atoms with van der Waals surface area (Å²) < 4.78 is 0. The Hall–Kier alpha value is -0.820. The number of hydrogen-bond acceptors (Lipinski definition) is 1. The van der Waals surface area contributed by atoms with Gasteiger partial charge < -0.3 is 5.32 Å². The van der Waals surface area contributed by atoms with Gasteiger partial charge in [0.05, 0.1) is 0 Å². The van der Waals surface area contributed by atoms with Gasteiger partial charge in [0.2, 0.25) is 0 Å². The summed E-state index contributed by atoms with van der Waals surface area (Å²) in [5, 5.41) is 3.72. The molecule has 1 aromatic rings. The Kier molecular flexibility index (Phi) is 6.43. The zero-order valence-corrected chi connectivity index (χ0v) is 12.4. The van der Waals surface area contributed by atoms with Crippen LogP contribution < -0.4 is 5.32 Å². The van der Waals surface area contributed by atoms with E-state index in [2.05, 4.69) is 42.6 Å². The van der Waals surface area contributed by atoms with Crippen molar-refractivity contribution in [2.24, 2.45) is 5.92 Å². The van der Waals surface area contributed by atoms with Crippen molar-refractivity contribution in [3.8, 4) is 0 Å². The predicted molar refractivity (Wildman–Crippen MR) is 83.4 cm³/mol. The first-order chi connectivity index (χ1) is 9.40. The average Bonchev–Trinajstić information content (AvgIpc) is 2.66. The van der Waals surface area contributed by atoms with Crippen LogP contribution >= 0.6 is 0 Å². The van der Waals surface area contributed by atoms with E-state index >= 15 is 0 Å². The molecule has 0 amide bonds. The zero-order chi connectivity index (χ0) is 13.3. The van der Waals surface area contributed by atoms with Crippen molar-refractivity contribution in [2.45, 2.75) is 64.3 Å². The lowest BCUT2D eigenvalue weighted by Crippen LogP contribution is -2.35. The van der Waals surface area contributed by atoms with Crippen LogP contribution in [-0.2, 0) is 6.42 Å². The van der Waals surface area contributed by atoms with Crippen LogP contribution in [0.2, 0.25) is 0 Å². The van der Waals surface area contributed by atoms with Crippen molar-refractivity contribution in [2.75, 3.05) is 6.54 Å². The van der Waals surface area contributed by atoms with Gasteiger partial charge in [-0.15, -0.1) is 0 Å². The minimum absolute atomic E-state index is 0.781. The van der Waals surface area contributed by atoms with Gasteiger partial charge in [0.25, 0.3) is 0 Å². The average molecular weight is 259 g/mol. The van der Waals surface area contributed by atoms with E-state index in [1.807, 2.05) is 0 Å². The molecule has 1 heteroatoms. The van der Waals surface area contributed by atoms with E-state index in [1.54, 1.807) is 0 Å². The fourth-order valence-corrected chi connectivity index (χ4v) is 3.47. The second kappa shape index (κ2) is 8.37. The largest absolute Gasteiger partial charge is 0.314 e. The summed E-state index contributed by atoms with van der Waals surface area (Å²) in [5.74, 6) is 0.908. The van der Waals surface area contributed by atoms with Gasteiger partial charge in [-0.3, -0.25) is 0 Å². The minimum Gasteiger partial charge on any atom is -0.314 e. The van der Waals surface area contributed by atoms with Crippen LogP contribution in [0.5, 0.6) is 0 Å². The Morgan fingerprint density at radius 1 is 1.05 bits per heavy atom. The van der Waals surface area contributed by atoms with Crippen molar-refractivity contribution in [3.05, 3.63) is 35.9 Å². The van der Waals surface area contributed by atoms with Crippen molar-refractivity contribution in [1.82, 2.24) is 5.32 Å². The third kappa shape index (κ3) is 4.99. The van der Waals surface area contributed by atoms with Crippen LogP contribution in [0.25, 0.3) is 0 Å². The van der Waals surface area contributed by atoms with Gasteiger partial charge in [0.15, 0.2) is 0 Å². The highest BCUT2D eigenvalue weighted by Crippen LogP contribution is 2.27. The number of nitrogens with one attached hydrogen (secondary N) is 1. The second-order valence-electron chi connectivity index (χ2n) is 5.94. The molecule has 1 aliphatic carbocycles. The second-order valence-corrected chi connectivity index (χ2v) is 5.94. The van der Waals surface area contributed by atoms with Crippen LogP contribution in [0.4, 0.5) is 0 Å². The molecule has 0 bridgehead atoms. The Bertz CT molecular complexity index is 333. The molecule has 19 heavy (non-hydrogen) atoms. The van der Waals surface area contributed by atoms with E-state index in [9.17, 15) is 0 Å². The quantitative estimate of drug-likeness (QED) is 0.738. The van der Waals surface area contributed by atoms with Crippen LogP contribution in [0.1, 0.15) is 57.4 Å². The van der Waals surface area contributed by atoms with E-state index in [0.29, 0.717) is 0 Å². The molecule has 2 unspecified atom stereocenters. The van der Waals surface area contributed by atoms with Gasteiger partial charge in [-0.05, 0) is 50.1 Å². The lowest BCUT2D eigenvalue weighted by atomic mass is 9.89. The number of benzene rings is 1. The lowest BCUT2D eigenvalue weighted by Gasteiger charge is -2.26. The molecule has 0 spiro atoms. The molecule has 1 aromatic carbocycles. The van der Waals surface area contributed by atoms with Crippen LogP contribution in [0, 0.1) is 5.92 Å². The Morgan fingerprint density at radius 3 is 2.63 bits per heavy atom. The highest BCUT2D eigenvalue weighted by atomic mass is 14.9. The smallest absolute Gasteiger partial charge is 0.00952 e. The van der Waals surface area contributed by atoms with Crippen LogP contribution in [-0.4, -0.2) is 12.6 Å². The van der Waals surface area contributed by atoms with Crippen LogP contribution in [0.15, 0.2) is 30.3 Å². The molecule has 106 valence electrons. The molecule has 0 saturated heterocycles. The maximum Gasteiger partial charge on any atom is 0.00952 e. The number of aryl methyl sites for hydroxylation is 1. The van der Waals surface area contributed by atoms with E-state index in [-0.39, 0.29) is 0 Å². The molecule has 1 aliphatic rings. The molecule has 0 radical (unpaired) electrons. The van der Waals surface area contributed by atoms with E-state index in [1.165, 1.54) is 56.9 Å². The lowest BCUT2D eigenvalue weighted by molar-refractivity contribution is 0.315. The molecule has 0 aromatic heterocycles. The highest BCUT2D eigenvalue weighted by Gasteiger charge is 2.22. The Balaban J connectivity index is 1.78. The molecule has 1 nitrogen and oxygen atoms in total. The molecule has 1 N–H and O–H groups in total. The first kappa shape index (κ1) is 14.6. The summed E-state index contributed by atoms with van der Waals surface area (Å²) in [6.45, 7) is 3.37. The van der Waals surface area contributed by atoms with E-state index in [4.69, 9.17) is 0 Å². The van der Waals surface area contributed by atoms with Gasteiger partial charge in [-0.1, -0.05) is 56.5 Å². The fourth-order valence-electron chi connectivity index (χ4n) is 3.47. The van der Waals surface area contributed by atoms with Gasteiger partial charge in [0.1, 0.15) is 0 Å². The molecular formula is C18H29N. The molecule has 2 rings (SSSR count). The molecule has 1 fully saturated rings. The van der Waals surface area contributed by atoms with Crippen molar-refractivity contribution in [3.63, 3.8) is 0 Å². The minimum atomic E-state index is 0.781. The maximum atomic E-state index is 3.72. The monoisotopic (exact) mass is 259 g/mol. The topological polar surface area (TPSA) is 12.0 Å². The predicted octanol–water partition coefficient (Wildman–Crippen LogP) is 4.57. The first-order valence-electron chi connectivity index (χ1n) is 8.17. The number of hydrogen-bond donors (Lipinski definition) is 1. The summed E-state index contributed by atoms with van der Waals surface area (Å²) in [6.07, 6.45) is 11.1. The third-order valence-electron chi connectivity index (χ3n) is 4.51. The van der Waals surface area contributed by atoms with E-state index < -0.39 is 0 Å². The van der Waals surface area contributed by atoms with Crippen molar-refractivity contribution < 1.29 is 0 Å². The van der Waals surface area contributed by atoms with Crippen LogP contribution in [0.3, 0.4) is 0 Å². The molecule has 2 atom stereocenters. The summed E-state index contributed by atoms with van der Waals surface area (Å²) in [6, 6.07) is 11.7.